The van der Waals surface area contributed by atoms with Gasteiger partial charge in [-0.05, 0) is 31.5 Å². The van der Waals surface area contributed by atoms with Crippen molar-refractivity contribution in [1.82, 2.24) is 5.32 Å². The van der Waals surface area contributed by atoms with Gasteiger partial charge in [-0.3, -0.25) is 4.79 Å². The number of urea groups is 1. The molecule has 0 bridgehead atoms. The highest BCUT2D eigenvalue weighted by Crippen LogP contribution is 2.26. The molecule has 1 aliphatic heterocycles. The van der Waals surface area contributed by atoms with Gasteiger partial charge in [0, 0.05) is 5.56 Å². The third kappa shape index (κ3) is 2.90. The predicted octanol–water partition coefficient (Wildman–Crippen LogP) is 3.02. The number of anilines is 1. The van der Waals surface area contributed by atoms with Crippen molar-refractivity contribution in [3.05, 3.63) is 59.7 Å². The molecule has 0 spiro atoms. The zero-order chi connectivity index (χ0) is 16.4. The Morgan fingerprint density at radius 3 is 2.48 bits per heavy atom. The first-order valence-corrected chi connectivity index (χ1v) is 7.48. The van der Waals surface area contributed by atoms with Crippen LogP contribution in [-0.2, 0) is 11.4 Å². The van der Waals surface area contributed by atoms with E-state index in [1.165, 1.54) is 4.90 Å². The molecule has 1 atom stereocenters. The highest BCUT2D eigenvalue weighted by Gasteiger charge is 2.37. The molecule has 3 rings (SSSR count). The Morgan fingerprint density at radius 1 is 1.09 bits per heavy atom. The highest BCUT2D eigenvalue weighted by atomic mass is 16.5. The molecule has 0 saturated carbocycles. The fourth-order valence-electron chi connectivity index (χ4n) is 2.56. The summed E-state index contributed by atoms with van der Waals surface area (Å²) in [5.74, 6) is 0.534. The van der Waals surface area contributed by atoms with Gasteiger partial charge in [0.15, 0.2) is 0 Å². The van der Waals surface area contributed by atoms with Gasteiger partial charge in [-0.15, -0.1) is 0 Å². The Balaban J connectivity index is 1.86. The zero-order valence-electron chi connectivity index (χ0n) is 13.1. The Labute approximate surface area is 134 Å². The summed E-state index contributed by atoms with van der Waals surface area (Å²) in [5.41, 5.74) is 2.38. The summed E-state index contributed by atoms with van der Waals surface area (Å²) in [6.07, 6.45) is 0. The number of para-hydroxylation sites is 2. The van der Waals surface area contributed by atoms with Crippen LogP contribution in [0.15, 0.2) is 48.5 Å². The van der Waals surface area contributed by atoms with Crippen molar-refractivity contribution in [2.45, 2.75) is 26.5 Å². The second-order valence-corrected chi connectivity index (χ2v) is 5.53. The second kappa shape index (κ2) is 6.12. The third-order valence-electron chi connectivity index (χ3n) is 3.84. The number of amides is 3. The number of aryl methyl sites for hydroxylation is 1. The summed E-state index contributed by atoms with van der Waals surface area (Å²) in [6.45, 7) is 3.93. The average Bonchev–Trinajstić information content (AvgIpc) is 2.80. The number of ether oxygens (including phenoxy) is 1. The minimum atomic E-state index is -0.507. The van der Waals surface area contributed by atoms with Crippen LogP contribution in [0.5, 0.6) is 5.75 Å². The molecule has 1 unspecified atom stereocenters. The fraction of sp³-hybridized carbons (Fsp3) is 0.222. The topological polar surface area (TPSA) is 58.6 Å². The van der Waals surface area contributed by atoms with Gasteiger partial charge in [-0.1, -0.05) is 36.4 Å². The predicted molar refractivity (Wildman–Crippen MR) is 87.4 cm³/mol. The molecule has 5 nitrogen and oxygen atoms in total. The maximum Gasteiger partial charge on any atom is 0.329 e. The van der Waals surface area contributed by atoms with Crippen molar-refractivity contribution in [3.8, 4) is 5.75 Å². The van der Waals surface area contributed by atoms with Crippen molar-refractivity contribution >= 4 is 17.6 Å². The molecule has 1 heterocycles. The first kappa shape index (κ1) is 15.1. The lowest BCUT2D eigenvalue weighted by molar-refractivity contribution is -0.117. The van der Waals surface area contributed by atoms with E-state index in [1.54, 1.807) is 19.1 Å². The molecule has 1 N–H and O–H groups in total. The summed E-state index contributed by atoms with van der Waals surface area (Å²) in [6, 6.07) is 14.1. The third-order valence-corrected chi connectivity index (χ3v) is 3.84. The number of hydrogen-bond donors (Lipinski definition) is 1. The van der Waals surface area contributed by atoms with Crippen molar-refractivity contribution in [1.29, 1.82) is 0 Å². The lowest BCUT2D eigenvalue weighted by atomic mass is 10.1. The van der Waals surface area contributed by atoms with Gasteiger partial charge in [0.2, 0.25) is 0 Å². The lowest BCUT2D eigenvalue weighted by Crippen LogP contribution is -2.32. The van der Waals surface area contributed by atoms with Crippen molar-refractivity contribution in [3.63, 3.8) is 0 Å². The van der Waals surface area contributed by atoms with E-state index in [0.717, 1.165) is 16.9 Å². The van der Waals surface area contributed by atoms with Gasteiger partial charge in [0.1, 0.15) is 18.4 Å². The number of imide groups is 1. The van der Waals surface area contributed by atoms with Gasteiger partial charge >= 0.3 is 6.03 Å². The molecule has 2 aromatic rings. The number of carbonyl (C=O) groups excluding carboxylic acids is 2. The number of benzene rings is 2. The number of nitrogens with zero attached hydrogens (tertiary/aromatic N) is 1. The summed E-state index contributed by atoms with van der Waals surface area (Å²) < 4.78 is 5.85. The summed E-state index contributed by atoms with van der Waals surface area (Å²) >= 11 is 0. The van der Waals surface area contributed by atoms with Crippen LogP contribution in [0.2, 0.25) is 0 Å². The largest absolute Gasteiger partial charge is 0.489 e. The van der Waals surface area contributed by atoms with Gasteiger partial charge < -0.3 is 10.1 Å². The molecular weight excluding hydrogens is 292 g/mol. The molecule has 23 heavy (non-hydrogen) atoms. The number of rotatable bonds is 4. The molecule has 5 heteroatoms. The van der Waals surface area contributed by atoms with Crippen LogP contribution >= 0.6 is 0 Å². The van der Waals surface area contributed by atoms with Crippen molar-refractivity contribution in [2.75, 3.05) is 4.90 Å². The molecule has 2 aromatic carbocycles. The van der Waals surface area contributed by atoms with Crippen LogP contribution in [-0.4, -0.2) is 18.0 Å². The van der Waals surface area contributed by atoms with Crippen LogP contribution in [0.3, 0.4) is 0 Å². The highest BCUT2D eigenvalue weighted by molar-refractivity contribution is 6.21. The van der Waals surface area contributed by atoms with Gasteiger partial charge in [0.05, 0.1) is 5.69 Å². The minimum absolute atomic E-state index is 0.252. The van der Waals surface area contributed by atoms with E-state index >= 15 is 0 Å². The Kier molecular flexibility index (Phi) is 4.02. The normalized spacial score (nSPS) is 17.3. The molecule has 0 radical (unpaired) electrons. The quantitative estimate of drug-likeness (QED) is 0.883. The van der Waals surface area contributed by atoms with Crippen molar-refractivity contribution < 1.29 is 14.3 Å². The first-order valence-electron chi connectivity index (χ1n) is 7.48. The van der Waals surface area contributed by atoms with E-state index < -0.39 is 12.1 Å². The van der Waals surface area contributed by atoms with Crippen molar-refractivity contribution in [2.24, 2.45) is 0 Å². The number of carbonyl (C=O) groups is 2. The monoisotopic (exact) mass is 310 g/mol. The van der Waals surface area contributed by atoms with E-state index in [1.807, 2.05) is 43.3 Å². The van der Waals surface area contributed by atoms with Gasteiger partial charge in [-0.2, -0.15) is 0 Å². The summed E-state index contributed by atoms with van der Waals surface area (Å²) in [4.78, 5) is 25.4. The molecule has 1 saturated heterocycles. The molecule has 0 aromatic heterocycles. The van der Waals surface area contributed by atoms with E-state index in [9.17, 15) is 9.59 Å². The van der Waals surface area contributed by atoms with Crippen LogP contribution in [0.25, 0.3) is 0 Å². The van der Waals surface area contributed by atoms with Crippen LogP contribution in [0.1, 0.15) is 18.1 Å². The van der Waals surface area contributed by atoms with Crippen LogP contribution in [0.4, 0.5) is 10.5 Å². The maximum absolute atomic E-state index is 12.2. The minimum Gasteiger partial charge on any atom is -0.489 e. The first-order chi connectivity index (χ1) is 11.1. The van der Waals surface area contributed by atoms with Gasteiger partial charge in [-0.25, -0.2) is 9.69 Å². The fourth-order valence-corrected chi connectivity index (χ4v) is 2.56. The Bertz CT molecular complexity index is 757. The standard InChI is InChI=1S/C18H18N2O3/c1-12-7-3-6-10-16(12)23-11-14-8-4-5-9-15(14)20-17(21)13(2)19-18(20)22/h3-10,13H,11H2,1-2H3,(H,19,22). The molecule has 118 valence electrons. The number of nitrogens with one attached hydrogen (secondary N) is 1. The van der Waals surface area contributed by atoms with E-state index in [0.29, 0.717) is 5.69 Å². The second-order valence-electron chi connectivity index (χ2n) is 5.53. The van der Waals surface area contributed by atoms with E-state index in [4.69, 9.17) is 4.74 Å². The summed E-state index contributed by atoms with van der Waals surface area (Å²) in [7, 11) is 0. The molecule has 3 amide bonds. The SMILES string of the molecule is Cc1ccccc1OCc1ccccc1N1C(=O)NC(C)C1=O. The smallest absolute Gasteiger partial charge is 0.329 e. The van der Waals surface area contributed by atoms with Gasteiger partial charge in [0.25, 0.3) is 5.91 Å². The van der Waals surface area contributed by atoms with E-state index in [-0.39, 0.29) is 12.5 Å². The van der Waals surface area contributed by atoms with Crippen LogP contribution < -0.4 is 15.0 Å². The molecule has 0 aliphatic carbocycles. The average molecular weight is 310 g/mol. The Hall–Kier alpha value is -2.82. The molecule has 1 fully saturated rings. The van der Waals surface area contributed by atoms with E-state index in [2.05, 4.69) is 5.32 Å². The van der Waals surface area contributed by atoms with Crippen LogP contribution in [0, 0.1) is 6.92 Å². The maximum atomic E-state index is 12.2. The number of hydrogen-bond acceptors (Lipinski definition) is 3. The summed E-state index contributed by atoms with van der Waals surface area (Å²) in [5, 5.41) is 2.62. The molecular formula is C18H18N2O3. The lowest BCUT2D eigenvalue weighted by Gasteiger charge is -2.18. The zero-order valence-corrected chi connectivity index (χ0v) is 13.1. The molecule has 1 aliphatic rings. The Morgan fingerprint density at radius 2 is 1.78 bits per heavy atom.